The number of nitrogens with zero attached hydrogens (tertiary/aromatic N) is 2. The van der Waals surface area contributed by atoms with Gasteiger partial charge >= 0.3 is 0 Å². The van der Waals surface area contributed by atoms with Crippen LogP contribution in [0.15, 0.2) is 52.7 Å². The molecule has 2 N–H and O–H groups in total. The zero-order chi connectivity index (χ0) is 18.5. The number of carbonyl (C=O) groups excluding carboxylic acids is 1. The fraction of sp³-hybridized carbons (Fsp3) is 0.167. The topological polar surface area (TPSA) is 83.3 Å². The van der Waals surface area contributed by atoms with Crippen molar-refractivity contribution in [3.05, 3.63) is 58.6 Å². The molecule has 134 valence electrons. The number of amides is 1. The van der Waals surface area contributed by atoms with Gasteiger partial charge in [-0.1, -0.05) is 35.5 Å². The first-order valence-electron chi connectivity index (χ1n) is 7.75. The molecule has 8 heteroatoms. The van der Waals surface area contributed by atoms with E-state index in [9.17, 15) is 9.90 Å². The molecule has 2 aromatic carbocycles. The van der Waals surface area contributed by atoms with Gasteiger partial charge in [-0.05, 0) is 47.9 Å². The van der Waals surface area contributed by atoms with Gasteiger partial charge in [0, 0.05) is 5.02 Å². The van der Waals surface area contributed by atoms with Crippen molar-refractivity contribution in [3.63, 3.8) is 0 Å². The number of nitrogens with one attached hydrogen (secondary N) is 1. The average molecular weight is 390 g/mol. The summed E-state index contributed by atoms with van der Waals surface area (Å²) in [6.45, 7) is 0. The van der Waals surface area contributed by atoms with Crippen molar-refractivity contribution in [1.82, 2.24) is 5.32 Å². The van der Waals surface area contributed by atoms with E-state index in [1.165, 1.54) is 31.2 Å². The van der Waals surface area contributed by atoms with E-state index in [1.54, 1.807) is 24.3 Å². The van der Waals surface area contributed by atoms with Crippen molar-refractivity contribution < 1.29 is 14.6 Å². The van der Waals surface area contributed by atoms with Crippen molar-refractivity contribution in [1.29, 1.82) is 0 Å². The highest BCUT2D eigenvalue weighted by atomic mass is 35.5. The molecular formula is C18H16ClN3O3S. The van der Waals surface area contributed by atoms with Crippen LogP contribution in [0, 0.1) is 0 Å². The molecule has 0 spiro atoms. The number of ether oxygens (including phenoxy) is 1. The molecule has 1 atom stereocenters. The Hall–Kier alpha value is -2.51. The lowest BCUT2D eigenvalue weighted by molar-refractivity contribution is -0.118. The Morgan fingerprint density at radius 1 is 1.31 bits per heavy atom. The third-order valence-corrected chi connectivity index (χ3v) is 4.99. The van der Waals surface area contributed by atoms with Gasteiger partial charge in [0.05, 0.1) is 18.6 Å². The second-order valence-electron chi connectivity index (χ2n) is 5.51. The quantitative estimate of drug-likeness (QED) is 0.607. The maximum Gasteiger partial charge on any atom is 0.239 e. The number of hydrogen-bond donors (Lipinski definition) is 2. The Balaban J connectivity index is 1.63. The third-order valence-electron chi connectivity index (χ3n) is 3.67. The second kappa shape index (κ2) is 8.25. The number of amidine groups is 1. The third kappa shape index (κ3) is 4.56. The number of halogens is 1. The standard InChI is InChI=1S/C18H16ClN3O3S/c1-25-15-8-12(4-7-14(15)23)10-20-22-18-21-17(24)16(26-18)9-11-2-5-13(19)6-3-11/h2-8,10,16,23H,9H2,1H3,(H,21,22,24)/b20-10+/t16-/m0/s1. The molecule has 1 aliphatic rings. The van der Waals surface area contributed by atoms with Crippen LogP contribution >= 0.6 is 23.4 Å². The van der Waals surface area contributed by atoms with Gasteiger partial charge in [-0.15, -0.1) is 5.10 Å². The summed E-state index contributed by atoms with van der Waals surface area (Å²) in [5.74, 6) is 0.318. The predicted octanol–water partition coefficient (Wildman–Crippen LogP) is 3.22. The van der Waals surface area contributed by atoms with E-state index in [2.05, 4.69) is 15.5 Å². The van der Waals surface area contributed by atoms with E-state index in [-0.39, 0.29) is 16.9 Å². The minimum atomic E-state index is -0.251. The summed E-state index contributed by atoms with van der Waals surface area (Å²) in [6.07, 6.45) is 2.11. The van der Waals surface area contributed by atoms with E-state index in [4.69, 9.17) is 16.3 Å². The van der Waals surface area contributed by atoms with Crippen LogP contribution in [0.1, 0.15) is 11.1 Å². The second-order valence-corrected chi connectivity index (χ2v) is 7.14. The number of benzene rings is 2. The van der Waals surface area contributed by atoms with Gasteiger partial charge in [-0.25, -0.2) is 0 Å². The maximum atomic E-state index is 12.1. The first-order valence-corrected chi connectivity index (χ1v) is 9.01. The summed E-state index contributed by atoms with van der Waals surface area (Å²) in [7, 11) is 1.47. The van der Waals surface area contributed by atoms with E-state index in [1.807, 2.05) is 12.1 Å². The SMILES string of the molecule is COc1cc(/C=N/N=C2\NC(=O)[C@H](Cc3ccc(Cl)cc3)S2)ccc1O. The summed E-state index contributed by atoms with van der Waals surface area (Å²) < 4.78 is 5.04. The van der Waals surface area contributed by atoms with Crippen LogP contribution < -0.4 is 10.1 Å². The van der Waals surface area contributed by atoms with Crippen molar-refractivity contribution in [2.45, 2.75) is 11.7 Å². The minimum Gasteiger partial charge on any atom is -0.504 e. The van der Waals surface area contributed by atoms with Gasteiger partial charge < -0.3 is 15.2 Å². The number of methoxy groups -OCH3 is 1. The minimum absolute atomic E-state index is 0.0552. The van der Waals surface area contributed by atoms with Crippen LogP contribution in [0.3, 0.4) is 0 Å². The average Bonchev–Trinajstić information content (AvgIpc) is 2.98. The van der Waals surface area contributed by atoms with Crippen LogP contribution in [0.2, 0.25) is 5.02 Å². The predicted molar refractivity (Wildman–Crippen MR) is 104 cm³/mol. The zero-order valence-corrected chi connectivity index (χ0v) is 15.4. The van der Waals surface area contributed by atoms with Crippen LogP contribution in [0.25, 0.3) is 0 Å². The number of phenols is 1. The van der Waals surface area contributed by atoms with Gasteiger partial charge in [0.15, 0.2) is 16.7 Å². The molecule has 1 fully saturated rings. The molecule has 2 aromatic rings. The Bertz CT molecular complexity index is 868. The Morgan fingerprint density at radius 3 is 2.81 bits per heavy atom. The lowest BCUT2D eigenvalue weighted by Gasteiger charge is -2.05. The Kier molecular flexibility index (Phi) is 5.80. The molecule has 0 aliphatic carbocycles. The molecule has 1 amide bonds. The largest absolute Gasteiger partial charge is 0.504 e. The number of phenolic OH excluding ortho intramolecular Hbond substituents is 1. The van der Waals surface area contributed by atoms with E-state index >= 15 is 0 Å². The first kappa shape index (κ1) is 18.3. The normalized spacial score (nSPS) is 18.5. The number of hydrogen-bond acceptors (Lipinski definition) is 6. The molecule has 6 nitrogen and oxygen atoms in total. The fourth-order valence-electron chi connectivity index (χ4n) is 2.34. The molecule has 0 unspecified atom stereocenters. The van der Waals surface area contributed by atoms with E-state index in [0.717, 1.165) is 11.1 Å². The molecule has 0 aromatic heterocycles. The molecular weight excluding hydrogens is 374 g/mol. The van der Waals surface area contributed by atoms with Crippen LogP contribution in [-0.4, -0.2) is 34.8 Å². The fourth-order valence-corrected chi connectivity index (χ4v) is 3.43. The monoisotopic (exact) mass is 389 g/mol. The van der Waals surface area contributed by atoms with Crippen molar-refractivity contribution in [3.8, 4) is 11.5 Å². The number of rotatable bonds is 5. The van der Waals surface area contributed by atoms with Crippen LogP contribution in [0.5, 0.6) is 11.5 Å². The van der Waals surface area contributed by atoms with Gasteiger partial charge in [-0.3, -0.25) is 4.79 Å². The maximum absolute atomic E-state index is 12.1. The van der Waals surface area contributed by atoms with Gasteiger partial charge in [0.2, 0.25) is 5.91 Å². The molecule has 1 aliphatic heterocycles. The molecule has 1 saturated heterocycles. The molecule has 0 radical (unpaired) electrons. The summed E-state index contributed by atoms with van der Waals surface area (Å²) in [5.41, 5.74) is 1.75. The van der Waals surface area contributed by atoms with Crippen molar-refractivity contribution in [2.75, 3.05) is 7.11 Å². The van der Waals surface area contributed by atoms with Crippen molar-refractivity contribution >= 4 is 40.7 Å². The molecule has 0 bridgehead atoms. The zero-order valence-electron chi connectivity index (χ0n) is 13.8. The number of thioether (sulfide) groups is 1. The number of carbonyl (C=O) groups is 1. The van der Waals surface area contributed by atoms with Crippen molar-refractivity contribution in [2.24, 2.45) is 10.2 Å². The highest BCUT2D eigenvalue weighted by Gasteiger charge is 2.30. The lowest BCUT2D eigenvalue weighted by Crippen LogP contribution is -2.25. The van der Waals surface area contributed by atoms with Gasteiger partial charge in [-0.2, -0.15) is 5.10 Å². The first-order chi connectivity index (χ1) is 12.5. The summed E-state index contributed by atoms with van der Waals surface area (Å²) in [6, 6.07) is 12.3. The van der Waals surface area contributed by atoms with Gasteiger partial charge in [0.1, 0.15) is 0 Å². The number of aromatic hydroxyl groups is 1. The smallest absolute Gasteiger partial charge is 0.239 e. The highest BCUT2D eigenvalue weighted by Crippen LogP contribution is 2.26. The van der Waals surface area contributed by atoms with Gasteiger partial charge in [0.25, 0.3) is 0 Å². The van der Waals surface area contributed by atoms with Crippen LogP contribution in [0.4, 0.5) is 0 Å². The lowest BCUT2D eigenvalue weighted by atomic mass is 10.1. The summed E-state index contributed by atoms with van der Waals surface area (Å²) in [5, 5.41) is 21.2. The molecule has 26 heavy (non-hydrogen) atoms. The Morgan fingerprint density at radius 2 is 2.08 bits per heavy atom. The molecule has 1 heterocycles. The summed E-state index contributed by atoms with van der Waals surface area (Å²) in [4.78, 5) is 12.1. The Labute approximate surface area is 159 Å². The van der Waals surface area contributed by atoms with Crippen LogP contribution in [-0.2, 0) is 11.2 Å². The van der Waals surface area contributed by atoms with E-state index in [0.29, 0.717) is 22.4 Å². The molecule has 0 saturated carbocycles. The highest BCUT2D eigenvalue weighted by molar-refractivity contribution is 8.15. The molecule has 3 rings (SSSR count). The van der Waals surface area contributed by atoms with E-state index < -0.39 is 0 Å². The summed E-state index contributed by atoms with van der Waals surface area (Å²) >= 11 is 7.22.